The lowest BCUT2D eigenvalue weighted by Gasteiger charge is -2.11. The van der Waals surface area contributed by atoms with Crippen LogP contribution >= 0.6 is 0 Å². The molecule has 1 N–H and O–H groups in total. The Bertz CT molecular complexity index is 213. The number of carbonyl (C=O) groups is 2. The van der Waals surface area contributed by atoms with Crippen LogP contribution in [0.1, 0.15) is 58.8 Å². The minimum absolute atomic E-state index is 0.418. The van der Waals surface area contributed by atoms with E-state index >= 15 is 0 Å². The van der Waals surface area contributed by atoms with Crippen molar-refractivity contribution >= 4 is 11.9 Å². The van der Waals surface area contributed by atoms with Crippen LogP contribution in [0.2, 0.25) is 0 Å². The summed E-state index contributed by atoms with van der Waals surface area (Å²) in [5, 5.41) is 8.79. The molecule has 1 unspecified atom stereocenters. The van der Waals surface area contributed by atoms with Gasteiger partial charge in [0.2, 0.25) is 0 Å². The fourth-order valence-corrected chi connectivity index (χ4v) is 1.54. The van der Waals surface area contributed by atoms with Gasteiger partial charge in [0.15, 0.2) is 6.10 Å². The van der Waals surface area contributed by atoms with Gasteiger partial charge < -0.3 is 9.84 Å². The molecule has 0 aliphatic heterocycles. The van der Waals surface area contributed by atoms with Crippen LogP contribution < -0.4 is 0 Å². The predicted octanol–water partition coefficient (Wildman–Crippen LogP) is 2.75. The number of aliphatic carboxylic acids is 1. The first kappa shape index (κ1) is 14.9. The molecule has 0 aromatic carbocycles. The fraction of sp³-hybridized carbons (Fsp3) is 0.833. The zero-order valence-corrected chi connectivity index (χ0v) is 10.2. The van der Waals surface area contributed by atoms with Gasteiger partial charge in [0, 0.05) is 6.92 Å². The topological polar surface area (TPSA) is 63.6 Å². The maximum Gasteiger partial charge on any atom is 0.345 e. The van der Waals surface area contributed by atoms with Crippen LogP contribution in [0.25, 0.3) is 0 Å². The predicted molar refractivity (Wildman–Crippen MR) is 61.2 cm³/mol. The highest BCUT2D eigenvalue weighted by atomic mass is 16.6. The van der Waals surface area contributed by atoms with Gasteiger partial charge in [0.1, 0.15) is 0 Å². The Kier molecular flexibility index (Phi) is 8.58. The maximum atomic E-state index is 10.7. The first-order valence-electron chi connectivity index (χ1n) is 5.98. The van der Waals surface area contributed by atoms with Gasteiger partial charge >= 0.3 is 11.9 Å². The number of carboxylic acid groups (broad SMARTS) is 1. The lowest BCUT2D eigenvalue weighted by atomic mass is 10.1. The Morgan fingerprint density at radius 3 is 2.19 bits per heavy atom. The van der Waals surface area contributed by atoms with Crippen LogP contribution in [0, 0.1) is 0 Å². The van der Waals surface area contributed by atoms with E-state index in [4.69, 9.17) is 9.84 Å². The number of rotatable bonds is 9. The van der Waals surface area contributed by atoms with Crippen molar-refractivity contribution in [1.82, 2.24) is 0 Å². The molecular weight excluding hydrogens is 208 g/mol. The van der Waals surface area contributed by atoms with E-state index in [9.17, 15) is 9.59 Å². The molecule has 0 spiro atoms. The third kappa shape index (κ3) is 8.26. The van der Waals surface area contributed by atoms with E-state index in [-0.39, 0.29) is 0 Å². The van der Waals surface area contributed by atoms with Gasteiger partial charge in [-0.1, -0.05) is 39.0 Å². The zero-order valence-electron chi connectivity index (χ0n) is 10.2. The van der Waals surface area contributed by atoms with Crippen molar-refractivity contribution in [2.45, 2.75) is 64.9 Å². The molecule has 0 aromatic rings. The van der Waals surface area contributed by atoms with Crippen molar-refractivity contribution in [2.24, 2.45) is 0 Å². The summed E-state index contributed by atoms with van der Waals surface area (Å²) in [6.07, 6.45) is 6.00. The molecule has 0 saturated carbocycles. The van der Waals surface area contributed by atoms with Gasteiger partial charge in [0.05, 0.1) is 0 Å². The van der Waals surface area contributed by atoms with Crippen LogP contribution in [-0.4, -0.2) is 23.1 Å². The standard InChI is InChI=1S/C12H22O4/c1-3-4-5-6-7-8-9-11(12(14)15)16-10(2)13/h11H,3-9H2,1-2H3,(H,14,15). The van der Waals surface area contributed by atoms with Crippen molar-refractivity contribution in [1.29, 1.82) is 0 Å². The Balaban J connectivity index is 3.60. The van der Waals surface area contributed by atoms with E-state index in [2.05, 4.69) is 6.92 Å². The molecule has 0 amide bonds. The van der Waals surface area contributed by atoms with E-state index < -0.39 is 18.0 Å². The van der Waals surface area contributed by atoms with Crippen molar-refractivity contribution in [3.63, 3.8) is 0 Å². The lowest BCUT2D eigenvalue weighted by molar-refractivity contribution is -0.163. The summed E-state index contributed by atoms with van der Waals surface area (Å²) in [4.78, 5) is 21.4. The minimum Gasteiger partial charge on any atom is -0.479 e. The van der Waals surface area contributed by atoms with Gasteiger partial charge in [-0.2, -0.15) is 0 Å². The number of ether oxygens (including phenoxy) is 1. The molecule has 1 atom stereocenters. The van der Waals surface area contributed by atoms with Crippen molar-refractivity contribution in [3.8, 4) is 0 Å². The monoisotopic (exact) mass is 230 g/mol. The molecule has 0 fully saturated rings. The molecule has 0 saturated heterocycles. The molecule has 0 heterocycles. The Labute approximate surface area is 97.0 Å². The summed E-state index contributed by atoms with van der Waals surface area (Å²) in [7, 11) is 0. The highest BCUT2D eigenvalue weighted by Gasteiger charge is 2.19. The Hall–Kier alpha value is -1.06. The number of hydrogen-bond acceptors (Lipinski definition) is 3. The highest BCUT2D eigenvalue weighted by Crippen LogP contribution is 2.10. The third-order valence-electron chi connectivity index (χ3n) is 2.40. The number of unbranched alkanes of at least 4 members (excludes halogenated alkanes) is 5. The second-order valence-corrected chi connectivity index (χ2v) is 3.99. The van der Waals surface area contributed by atoms with Crippen LogP contribution in [0.4, 0.5) is 0 Å². The molecule has 94 valence electrons. The Morgan fingerprint density at radius 1 is 1.12 bits per heavy atom. The quantitative estimate of drug-likeness (QED) is 0.488. The number of carboxylic acids is 1. The van der Waals surface area contributed by atoms with Crippen molar-refractivity contribution in [2.75, 3.05) is 0 Å². The van der Waals surface area contributed by atoms with E-state index in [1.165, 1.54) is 26.2 Å². The molecular formula is C12H22O4. The molecule has 0 radical (unpaired) electrons. The highest BCUT2D eigenvalue weighted by molar-refractivity contribution is 5.76. The summed E-state index contributed by atoms with van der Waals surface area (Å²) >= 11 is 0. The zero-order chi connectivity index (χ0) is 12.4. The average molecular weight is 230 g/mol. The van der Waals surface area contributed by atoms with Crippen molar-refractivity contribution < 1.29 is 19.4 Å². The second kappa shape index (κ2) is 9.19. The maximum absolute atomic E-state index is 10.7. The molecule has 0 bridgehead atoms. The molecule has 4 heteroatoms. The summed E-state index contributed by atoms with van der Waals surface area (Å²) in [5.41, 5.74) is 0. The van der Waals surface area contributed by atoms with Gasteiger partial charge in [-0.3, -0.25) is 4.79 Å². The van der Waals surface area contributed by atoms with Gasteiger partial charge in [-0.05, 0) is 12.8 Å². The van der Waals surface area contributed by atoms with Crippen LogP contribution in [0.3, 0.4) is 0 Å². The summed E-state index contributed by atoms with van der Waals surface area (Å²) in [6.45, 7) is 3.39. The second-order valence-electron chi connectivity index (χ2n) is 3.99. The normalized spacial score (nSPS) is 12.1. The third-order valence-corrected chi connectivity index (χ3v) is 2.40. The van der Waals surface area contributed by atoms with E-state index in [1.54, 1.807) is 0 Å². The molecule has 16 heavy (non-hydrogen) atoms. The first-order chi connectivity index (χ1) is 7.57. The molecule has 0 rings (SSSR count). The number of hydrogen-bond donors (Lipinski definition) is 1. The molecule has 0 aliphatic rings. The number of carbonyl (C=O) groups excluding carboxylic acids is 1. The first-order valence-corrected chi connectivity index (χ1v) is 5.98. The number of esters is 1. The van der Waals surface area contributed by atoms with E-state index in [1.807, 2.05) is 0 Å². The summed E-state index contributed by atoms with van der Waals surface area (Å²) < 4.78 is 4.70. The molecule has 0 aromatic heterocycles. The molecule has 0 aliphatic carbocycles. The van der Waals surface area contributed by atoms with Crippen LogP contribution in [0.5, 0.6) is 0 Å². The van der Waals surface area contributed by atoms with Gasteiger partial charge in [-0.15, -0.1) is 0 Å². The average Bonchev–Trinajstić information content (AvgIpc) is 2.20. The minimum atomic E-state index is -1.05. The SMILES string of the molecule is CCCCCCCCC(OC(C)=O)C(=O)O. The van der Waals surface area contributed by atoms with E-state index in [0.29, 0.717) is 6.42 Å². The van der Waals surface area contributed by atoms with Gasteiger partial charge in [0.25, 0.3) is 0 Å². The fourth-order valence-electron chi connectivity index (χ4n) is 1.54. The smallest absolute Gasteiger partial charge is 0.345 e. The van der Waals surface area contributed by atoms with Crippen LogP contribution in [0.15, 0.2) is 0 Å². The van der Waals surface area contributed by atoms with Gasteiger partial charge in [-0.25, -0.2) is 4.79 Å². The largest absolute Gasteiger partial charge is 0.479 e. The van der Waals surface area contributed by atoms with Crippen molar-refractivity contribution in [3.05, 3.63) is 0 Å². The molecule has 4 nitrogen and oxygen atoms in total. The van der Waals surface area contributed by atoms with E-state index in [0.717, 1.165) is 19.3 Å². The summed E-state index contributed by atoms with van der Waals surface area (Å²) in [5.74, 6) is -1.58. The lowest BCUT2D eigenvalue weighted by Crippen LogP contribution is -2.25. The van der Waals surface area contributed by atoms with Crippen LogP contribution in [-0.2, 0) is 14.3 Å². The summed E-state index contributed by atoms with van der Waals surface area (Å²) in [6, 6.07) is 0. The Morgan fingerprint density at radius 2 is 1.69 bits per heavy atom.